The van der Waals surface area contributed by atoms with Crippen LogP contribution in [-0.2, 0) is 10.0 Å². The minimum Gasteiger partial charge on any atom is -0.393 e. The summed E-state index contributed by atoms with van der Waals surface area (Å²) in [6, 6.07) is 1.48. The Balaban J connectivity index is 2.19. The quantitative estimate of drug-likeness (QED) is 0.767. The van der Waals surface area contributed by atoms with Crippen molar-refractivity contribution < 1.29 is 8.42 Å². The van der Waals surface area contributed by atoms with Crippen molar-refractivity contribution in [1.29, 1.82) is 0 Å². The van der Waals surface area contributed by atoms with Gasteiger partial charge in [-0.3, -0.25) is 0 Å². The van der Waals surface area contributed by atoms with Gasteiger partial charge in [-0.05, 0) is 34.8 Å². The average Bonchev–Trinajstić information content (AvgIpc) is 2.71. The first-order valence-electron chi connectivity index (χ1n) is 5.92. The van der Waals surface area contributed by atoms with Crippen molar-refractivity contribution in [3.8, 4) is 0 Å². The first-order chi connectivity index (χ1) is 9.17. The molecule has 20 heavy (non-hydrogen) atoms. The monoisotopic (exact) mass is 416 g/mol. The first-order valence-corrected chi connectivity index (χ1v) is 9.75. The third-order valence-corrected chi connectivity index (χ3v) is 8.95. The SMILES string of the molecule is CC1(C(N)=S)CCN(S(=O)(=O)c2cc(Cl)c(Br)s2)CC1. The molecule has 1 aliphatic heterocycles. The minimum atomic E-state index is -3.49. The Morgan fingerprint density at radius 2 is 2.10 bits per heavy atom. The highest BCUT2D eigenvalue weighted by Gasteiger charge is 2.37. The van der Waals surface area contributed by atoms with Gasteiger partial charge in [-0.25, -0.2) is 8.42 Å². The van der Waals surface area contributed by atoms with Gasteiger partial charge >= 0.3 is 0 Å². The van der Waals surface area contributed by atoms with Crippen LogP contribution in [0.25, 0.3) is 0 Å². The molecule has 1 aromatic rings. The van der Waals surface area contributed by atoms with Crippen LogP contribution < -0.4 is 5.73 Å². The molecule has 2 rings (SSSR count). The van der Waals surface area contributed by atoms with Crippen LogP contribution in [0, 0.1) is 5.41 Å². The smallest absolute Gasteiger partial charge is 0.252 e. The van der Waals surface area contributed by atoms with Crippen LogP contribution in [0.2, 0.25) is 5.02 Å². The van der Waals surface area contributed by atoms with Gasteiger partial charge in [0.25, 0.3) is 10.0 Å². The first kappa shape index (κ1) is 16.6. The van der Waals surface area contributed by atoms with Gasteiger partial charge in [-0.15, -0.1) is 11.3 Å². The zero-order valence-corrected chi connectivity index (χ0v) is 15.5. The molecule has 4 nitrogen and oxygen atoms in total. The van der Waals surface area contributed by atoms with Crippen LogP contribution in [0.4, 0.5) is 0 Å². The molecule has 1 fully saturated rings. The Morgan fingerprint density at radius 3 is 2.50 bits per heavy atom. The number of thiocarbonyl (C=S) groups is 1. The molecule has 112 valence electrons. The minimum absolute atomic E-state index is 0.255. The standard InChI is InChI=1S/C11H14BrClN2O2S3/c1-11(10(14)18)2-4-15(5-3-11)20(16,17)8-6-7(13)9(12)19-8/h6H,2-5H2,1H3,(H2,14,18). The van der Waals surface area contributed by atoms with E-state index < -0.39 is 10.0 Å². The predicted molar refractivity (Wildman–Crippen MR) is 89.9 cm³/mol. The number of nitrogens with zero attached hydrogens (tertiary/aromatic N) is 1. The molecule has 0 amide bonds. The number of nitrogens with two attached hydrogens (primary N) is 1. The highest BCUT2D eigenvalue weighted by Crippen LogP contribution is 2.38. The van der Waals surface area contributed by atoms with Crippen LogP contribution in [-0.4, -0.2) is 30.8 Å². The molecule has 9 heteroatoms. The van der Waals surface area contributed by atoms with Gasteiger partial charge in [0.15, 0.2) is 0 Å². The van der Waals surface area contributed by atoms with E-state index in [2.05, 4.69) is 15.9 Å². The van der Waals surface area contributed by atoms with Gasteiger partial charge in [-0.1, -0.05) is 30.7 Å². The molecule has 0 spiro atoms. The van der Waals surface area contributed by atoms with Gasteiger partial charge in [-0.2, -0.15) is 4.31 Å². The summed E-state index contributed by atoms with van der Waals surface area (Å²) in [4.78, 5) is 0.455. The van der Waals surface area contributed by atoms with E-state index in [0.717, 1.165) is 11.3 Å². The van der Waals surface area contributed by atoms with Gasteiger partial charge in [0.05, 0.1) is 13.8 Å². The summed E-state index contributed by atoms with van der Waals surface area (Å²) in [6.07, 6.45) is 1.28. The lowest BCUT2D eigenvalue weighted by Crippen LogP contribution is -2.46. The normalized spacial score (nSPS) is 19.9. The number of rotatable bonds is 3. The maximum Gasteiger partial charge on any atom is 0.252 e. The Morgan fingerprint density at radius 1 is 1.55 bits per heavy atom. The number of piperidine rings is 1. The van der Waals surface area contributed by atoms with Crippen molar-refractivity contribution in [1.82, 2.24) is 4.31 Å². The Hall–Kier alpha value is 0.270. The summed E-state index contributed by atoms with van der Waals surface area (Å²) in [6.45, 7) is 2.82. The van der Waals surface area contributed by atoms with Gasteiger partial charge in [0.2, 0.25) is 0 Å². The molecule has 0 radical (unpaired) electrons. The average molecular weight is 418 g/mol. The fourth-order valence-electron chi connectivity index (χ4n) is 2.05. The van der Waals surface area contributed by atoms with E-state index in [1.54, 1.807) is 0 Å². The molecule has 1 saturated heterocycles. The largest absolute Gasteiger partial charge is 0.393 e. The van der Waals surface area contributed by atoms with Crippen molar-refractivity contribution in [2.24, 2.45) is 11.1 Å². The zero-order chi connectivity index (χ0) is 15.1. The molecule has 0 bridgehead atoms. The van der Waals surface area contributed by atoms with E-state index in [0.29, 0.717) is 39.7 Å². The topological polar surface area (TPSA) is 63.4 Å². The Kier molecular flexibility index (Phi) is 4.83. The van der Waals surface area contributed by atoms with Crippen LogP contribution >= 0.6 is 51.1 Å². The fraction of sp³-hybridized carbons (Fsp3) is 0.545. The van der Waals surface area contributed by atoms with Crippen molar-refractivity contribution in [2.75, 3.05) is 13.1 Å². The number of sulfonamides is 1. The summed E-state index contributed by atoms with van der Waals surface area (Å²) in [5.41, 5.74) is 5.48. The third-order valence-electron chi connectivity index (χ3n) is 3.64. The van der Waals surface area contributed by atoms with Gasteiger partial charge < -0.3 is 5.73 Å². The molecular weight excluding hydrogens is 404 g/mol. The molecule has 2 heterocycles. The van der Waals surface area contributed by atoms with Crippen molar-refractivity contribution in [3.63, 3.8) is 0 Å². The second kappa shape index (κ2) is 5.81. The lowest BCUT2D eigenvalue weighted by molar-refractivity contribution is 0.244. The van der Waals surface area contributed by atoms with Crippen molar-refractivity contribution >= 4 is 66.1 Å². The van der Waals surface area contributed by atoms with E-state index in [-0.39, 0.29) is 9.62 Å². The predicted octanol–water partition coefficient (Wildman–Crippen LogP) is 3.24. The lowest BCUT2D eigenvalue weighted by atomic mass is 9.81. The third kappa shape index (κ3) is 3.05. The maximum absolute atomic E-state index is 12.5. The number of thiophene rings is 1. The fourth-order valence-corrected chi connectivity index (χ4v) is 6.25. The number of hydrogen-bond donors (Lipinski definition) is 1. The molecule has 0 unspecified atom stereocenters. The van der Waals surface area contributed by atoms with Gasteiger partial charge in [0, 0.05) is 18.5 Å². The molecule has 1 aromatic heterocycles. The molecule has 0 saturated carbocycles. The highest BCUT2D eigenvalue weighted by molar-refractivity contribution is 9.11. The van der Waals surface area contributed by atoms with E-state index in [1.807, 2.05) is 6.92 Å². The summed E-state index contributed by atoms with van der Waals surface area (Å²) in [5.74, 6) is 0. The van der Waals surface area contributed by atoms with E-state index in [9.17, 15) is 8.42 Å². The molecule has 2 N–H and O–H groups in total. The summed E-state index contributed by atoms with van der Waals surface area (Å²) in [5, 5.41) is 0.415. The summed E-state index contributed by atoms with van der Waals surface area (Å²) in [7, 11) is -3.49. The second-order valence-electron chi connectivity index (χ2n) is 5.02. The van der Waals surface area contributed by atoms with Crippen LogP contribution in [0.1, 0.15) is 19.8 Å². The number of halogens is 2. The molecule has 0 aliphatic carbocycles. The van der Waals surface area contributed by atoms with Gasteiger partial charge in [0.1, 0.15) is 4.21 Å². The number of hydrogen-bond acceptors (Lipinski definition) is 4. The summed E-state index contributed by atoms with van der Waals surface area (Å²) < 4.78 is 27.4. The lowest BCUT2D eigenvalue weighted by Gasteiger charge is -2.37. The van der Waals surface area contributed by atoms with Crippen LogP contribution in [0.3, 0.4) is 0 Å². The molecule has 1 aliphatic rings. The highest BCUT2D eigenvalue weighted by atomic mass is 79.9. The van der Waals surface area contributed by atoms with Crippen LogP contribution in [0.5, 0.6) is 0 Å². The molecular formula is C11H14BrClN2O2S3. The van der Waals surface area contributed by atoms with E-state index in [1.165, 1.54) is 10.4 Å². The maximum atomic E-state index is 12.5. The van der Waals surface area contributed by atoms with Crippen LogP contribution in [0.15, 0.2) is 14.1 Å². The second-order valence-corrected chi connectivity index (χ2v) is 10.4. The Bertz CT molecular complexity index is 617. The zero-order valence-electron chi connectivity index (χ0n) is 10.7. The molecule has 0 aromatic carbocycles. The van der Waals surface area contributed by atoms with E-state index in [4.69, 9.17) is 29.6 Å². The molecule has 0 atom stereocenters. The van der Waals surface area contributed by atoms with Crippen molar-refractivity contribution in [2.45, 2.75) is 24.0 Å². The summed E-state index contributed by atoms with van der Waals surface area (Å²) >= 11 is 15.3. The van der Waals surface area contributed by atoms with Crippen molar-refractivity contribution in [3.05, 3.63) is 14.9 Å². The van der Waals surface area contributed by atoms with E-state index >= 15 is 0 Å². The Labute approximate surface area is 141 Å².